The Kier molecular flexibility index (Phi) is 16.5. The maximum Gasteiger partial charge on any atom is 0.407 e. The number of nitrogens with one attached hydrogen (secondary N) is 6. The van der Waals surface area contributed by atoms with Gasteiger partial charge in [0.2, 0.25) is 12.3 Å². The summed E-state index contributed by atoms with van der Waals surface area (Å²) < 4.78 is 25.1. The number of methoxy groups -OCH3 is 3. The number of allylic oxidation sites excluding steroid dienone is 2. The molecule has 17 nitrogen and oxygen atoms in total. The number of hydrogen-bond donors (Lipinski definition) is 8. The van der Waals surface area contributed by atoms with Crippen LogP contribution in [0.4, 0.5) is 4.79 Å². The Labute approximate surface area is 389 Å². The van der Waals surface area contributed by atoms with E-state index in [2.05, 4.69) is 94.6 Å². The average Bonchev–Trinajstić information content (AvgIpc) is 4.14. The number of carbonyl (C=O) groups excluding carboxylic acids is 2. The van der Waals surface area contributed by atoms with Crippen LogP contribution < -0.4 is 37.2 Å². The fraction of sp³-hybridized carbons (Fsp3) is 0.653. The molecular weight excluding hydrogens is 843 g/mol. The second-order valence-electron chi connectivity index (χ2n) is 19.9. The zero-order chi connectivity index (χ0) is 47.3. The Hall–Kier alpha value is -4.17. The lowest BCUT2D eigenvalue weighted by Gasteiger charge is -2.42. The first-order chi connectivity index (χ1) is 31.6. The number of nitrogens with zero attached hydrogens (tertiary/aromatic N) is 3. The molecule has 2 fully saturated rings. The van der Waals surface area contributed by atoms with E-state index in [0.717, 1.165) is 67.0 Å². The number of H-pyrrole nitrogens is 1. The average molecular weight is 918 g/mol. The van der Waals surface area contributed by atoms with Crippen LogP contribution in [-0.2, 0) is 30.2 Å². The number of alkyl carbamates (subject to hydrolysis) is 1. The number of aromatic nitrogens is 3. The van der Waals surface area contributed by atoms with E-state index in [9.17, 15) is 19.8 Å². The summed E-state index contributed by atoms with van der Waals surface area (Å²) in [6.07, 6.45) is 19.7. The Morgan fingerprint density at radius 2 is 1.86 bits per heavy atom. The van der Waals surface area contributed by atoms with E-state index in [1.807, 2.05) is 47.7 Å². The van der Waals surface area contributed by atoms with Crippen LogP contribution in [0.2, 0.25) is 0 Å². The number of aliphatic hydroxyl groups is 2. The van der Waals surface area contributed by atoms with E-state index in [4.69, 9.17) is 18.9 Å². The first-order valence-corrected chi connectivity index (χ1v) is 23.8. The normalized spacial score (nSPS) is 28.2. The molecule has 0 bridgehead atoms. The van der Waals surface area contributed by atoms with E-state index < -0.39 is 42.3 Å². The molecule has 0 spiro atoms. The van der Waals surface area contributed by atoms with Crippen molar-refractivity contribution in [3.63, 3.8) is 0 Å². The smallest absolute Gasteiger partial charge is 0.407 e. The molecule has 66 heavy (non-hydrogen) atoms. The highest BCUT2D eigenvalue weighted by Gasteiger charge is 2.44. The van der Waals surface area contributed by atoms with Gasteiger partial charge in [-0.2, -0.15) is 0 Å². The van der Waals surface area contributed by atoms with Crippen molar-refractivity contribution < 1.29 is 38.7 Å². The minimum Gasteiger partial charge on any atom is -0.453 e. The van der Waals surface area contributed by atoms with Gasteiger partial charge in [-0.15, -0.1) is 0 Å². The molecule has 2 aromatic heterocycles. The summed E-state index contributed by atoms with van der Waals surface area (Å²) in [5.74, 6) is 0.564. The van der Waals surface area contributed by atoms with Crippen LogP contribution in [0, 0.1) is 17.3 Å². The summed E-state index contributed by atoms with van der Waals surface area (Å²) in [5, 5.41) is 40.4. The van der Waals surface area contributed by atoms with Crippen LogP contribution in [-0.4, -0.2) is 132 Å². The number of rotatable bonds is 15. The lowest BCUT2D eigenvalue weighted by Crippen LogP contribution is -2.61. The third-order valence-electron chi connectivity index (χ3n) is 14.0. The molecule has 8 N–H and O–H groups in total. The van der Waals surface area contributed by atoms with Crippen molar-refractivity contribution in [1.29, 1.82) is 0 Å². The minimum absolute atomic E-state index is 0.0176. The van der Waals surface area contributed by atoms with Crippen LogP contribution in [0.15, 0.2) is 48.2 Å². The predicted octanol–water partition coefficient (Wildman–Crippen LogP) is 2.65. The molecule has 0 saturated carbocycles. The third-order valence-corrected chi connectivity index (χ3v) is 14.0. The SMILES string of the molecule is COC(=O)NC(C(O)N1CCCC1C1NCC(C2=CCOC(C3CC=CC(OC)C3)n3c(cc4c3=CCC(c3cnc(C(C)NC(=O)C(NC(O)OC)C(C)C)[nH]3)C=4)CC=C2)N1)C(C)(C)C. The molecular formula is C49H75N9O8. The zero-order valence-electron chi connectivity index (χ0n) is 40.3. The molecule has 2 aromatic rings. The number of hydrogen-bond acceptors (Lipinski definition) is 13. The number of amides is 2. The first-order valence-electron chi connectivity index (χ1n) is 23.8. The summed E-state index contributed by atoms with van der Waals surface area (Å²) in [6, 6.07) is 0.785. The molecule has 12 unspecified atom stereocenters. The Bertz CT molecular complexity index is 2190. The first kappa shape index (κ1) is 49.7. The zero-order valence-corrected chi connectivity index (χ0v) is 40.3. The maximum atomic E-state index is 13.2. The summed E-state index contributed by atoms with van der Waals surface area (Å²) in [4.78, 5) is 35.9. The van der Waals surface area contributed by atoms with Gasteiger partial charge in [0.1, 0.15) is 18.3 Å². The minimum atomic E-state index is -1.25. The molecule has 12 atom stereocenters. The van der Waals surface area contributed by atoms with Crippen LogP contribution >= 0.6 is 0 Å². The molecule has 5 heterocycles. The fourth-order valence-electron chi connectivity index (χ4n) is 10.3. The standard InChI is InChI=1S/C49H75N9O8/c1-28(2)40(55-47(61)64-8)44(59)52-29(3)42-50-27-37(53-42)31-18-19-38-33(23-31)24-34-15-10-13-30(20-22-66-46(58(34)38)32-14-11-16-35(25-32)63-7)36-26-51-43(54-36)39-17-12-21-57(39)45(60)41(49(4,5)6)56-48(62)65-9/h10-11,13,16,19-20,23-24,27-29,31-32,35-36,39-41,43,45-47,51,54-55,60-61H,12,14-15,17-18,21-22,25-26H2,1-9H3,(H,50,53)(H,52,59)(H,56,62). The van der Waals surface area contributed by atoms with Gasteiger partial charge in [-0.05, 0) is 67.2 Å². The number of likely N-dealkylation sites (tertiary alicyclic amines) is 1. The maximum absolute atomic E-state index is 13.2. The summed E-state index contributed by atoms with van der Waals surface area (Å²) in [5.41, 5.74) is 2.89. The molecule has 364 valence electrons. The monoisotopic (exact) mass is 918 g/mol. The third kappa shape index (κ3) is 11.4. The number of aliphatic hydroxyl groups excluding tert-OH is 2. The molecule has 2 aliphatic carbocycles. The highest BCUT2D eigenvalue weighted by Crippen LogP contribution is 2.34. The number of aromatic amines is 1. The van der Waals surface area contributed by atoms with Gasteiger partial charge in [0.25, 0.3) is 0 Å². The van der Waals surface area contributed by atoms with Crippen molar-refractivity contribution in [2.24, 2.45) is 17.3 Å². The predicted molar refractivity (Wildman–Crippen MR) is 252 cm³/mol. The van der Waals surface area contributed by atoms with Crippen molar-refractivity contribution in [3.05, 3.63) is 76.0 Å². The van der Waals surface area contributed by atoms with Gasteiger partial charge in [-0.1, -0.05) is 77.2 Å². The quantitative estimate of drug-likeness (QED) is 0.0957. The van der Waals surface area contributed by atoms with E-state index in [1.54, 1.807) is 7.11 Å². The fourth-order valence-corrected chi connectivity index (χ4v) is 10.3. The summed E-state index contributed by atoms with van der Waals surface area (Å²) >= 11 is 0. The van der Waals surface area contributed by atoms with Crippen molar-refractivity contribution >= 4 is 24.2 Å². The van der Waals surface area contributed by atoms with Gasteiger partial charge < -0.3 is 49.3 Å². The van der Waals surface area contributed by atoms with Gasteiger partial charge in [-0.3, -0.25) is 25.6 Å². The van der Waals surface area contributed by atoms with Crippen molar-refractivity contribution in [3.8, 4) is 0 Å². The van der Waals surface area contributed by atoms with E-state index >= 15 is 0 Å². The molecule has 2 saturated heterocycles. The van der Waals surface area contributed by atoms with Crippen molar-refractivity contribution in [2.75, 3.05) is 41.0 Å². The molecule has 3 aliphatic heterocycles. The highest BCUT2D eigenvalue weighted by atomic mass is 16.6. The molecule has 0 radical (unpaired) electrons. The van der Waals surface area contributed by atoms with Crippen LogP contribution in [0.3, 0.4) is 0 Å². The highest BCUT2D eigenvalue weighted by molar-refractivity contribution is 5.82. The van der Waals surface area contributed by atoms with E-state index in [1.165, 1.54) is 19.9 Å². The molecule has 2 amide bonds. The summed E-state index contributed by atoms with van der Waals surface area (Å²) in [6.45, 7) is 13.6. The van der Waals surface area contributed by atoms with Crippen LogP contribution in [0.5, 0.6) is 0 Å². The van der Waals surface area contributed by atoms with Gasteiger partial charge in [-0.25, -0.2) is 9.78 Å². The molecule has 7 rings (SSSR count). The van der Waals surface area contributed by atoms with Crippen LogP contribution in [0.25, 0.3) is 12.2 Å². The van der Waals surface area contributed by atoms with Crippen molar-refractivity contribution in [1.82, 2.24) is 46.0 Å². The second kappa shape index (κ2) is 21.8. The van der Waals surface area contributed by atoms with Gasteiger partial charge in [0.15, 0.2) is 0 Å². The molecule has 5 aliphatic rings. The lowest BCUT2D eigenvalue weighted by atomic mass is 9.85. The largest absolute Gasteiger partial charge is 0.453 e. The lowest BCUT2D eigenvalue weighted by molar-refractivity contribution is -0.135. The number of carbonyl (C=O) groups is 2. The Morgan fingerprint density at radius 1 is 1.06 bits per heavy atom. The van der Waals surface area contributed by atoms with Crippen molar-refractivity contribution in [2.45, 2.75) is 147 Å². The van der Waals surface area contributed by atoms with E-state index in [-0.39, 0.29) is 54.2 Å². The summed E-state index contributed by atoms with van der Waals surface area (Å²) in [7, 11) is 4.48. The van der Waals surface area contributed by atoms with E-state index in [0.29, 0.717) is 18.9 Å². The number of ether oxygens (including phenoxy) is 4. The van der Waals surface area contributed by atoms with Gasteiger partial charge in [0.05, 0.1) is 44.1 Å². The molecule has 0 aromatic carbocycles. The van der Waals surface area contributed by atoms with Gasteiger partial charge >= 0.3 is 6.09 Å². The topological polar surface area (TPSA) is 209 Å². The second-order valence-corrected chi connectivity index (χ2v) is 19.9. The van der Waals surface area contributed by atoms with Gasteiger partial charge in [0, 0.05) is 80.6 Å². The Morgan fingerprint density at radius 3 is 2.59 bits per heavy atom. The van der Waals surface area contributed by atoms with Crippen LogP contribution in [0.1, 0.15) is 109 Å². The number of imidazole rings is 1. The molecule has 17 heteroatoms. The number of fused-ring (bicyclic) bond motifs is 3. The Balaban J connectivity index is 1.09.